The SMILES string of the molecule is O=C(O)N1CCC2(CC1)CC(O)CCO2. The molecule has 0 aromatic rings. The molecule has 0 aromatic carbocycles. The van der Waals surface area contributed by atoms with Crippen LogP contribution in [0.1, 0.15) is 25.7 Å². The first-order valence-electron chi connectivity index (χ1n) is 5.41. The van der Waals surface area contributed by atoms with Gasteiger partial charge in [-0.1, -0.05) is 0 Å². The molecular weight excluding hydrogens is 198 g/mol. The second-order valence-electron chi connectivity index (χ2n) is 4.45. The van der Waals surface area contributed by atoms with E-state index < -0.39 is 6.09 Å². The summed E-state index contributed by atoms with van der Waals surface area (Å²) in [7, 11) is 0. The highest BCUT2D eigenvalue weighted by molar-refractivity contribution is 5.65. The lowest BCUT2D eigenvalue weighted by Gasteiger charge is -2.44. The van der Waals surface area contributed by atoms with Crippen molar-refractivity contribution in [3.8, 4) is 0 Å². The van der Waals surface area contributed by atoms with Crippen molar-refractivity contribution < 1.29 is 19.7 Å². The Balaban J connectivity index is 1.93. The normalized spacial score (nSPS) is 30.5. The first kappa shape index (κ1) is 10.7. The maximum atomic E-state index is 10.7. The van der Waals surface area contributed by atoms with Gasteiger partial charge in [-0.25, -0.2) is 4.79 Å². The molecule has 15 heavy (non-hydrogen) atoms. The number of aliphatic hydroxyl groups is 1. The third kappa shape index (κ3) is 2.23. The molecule has 2 saturated heterocycles. The fourth-order valence-electron chi connectivity index (χ4n) is 2.46. The molecule has 0 bridgehead atoms. The van der Waals surface area contributed by atoms with E-state index in [1.165, 1.54) is 4.90 Å². The molecule has 2 aliphatic heterocycles. The van der Waals surface area contributed by atoms with Gasteiger partial charge in [0.05, 0.1) is 11.7 Å². The van der Waals surface area contributed by atoms with Gasteiger partial charge in [0.15, 0.2) is 0 Å². The maximum absolute atomic E-state index is 10.7. The highest BCUT2D eigenvalue weighted by Gasteiger charge is 2.40. The topological polar surface area (TPSA) is 70.0 Å². The molecule has 5 nitrogen and oxygen atoms in total. The number of ether oxygens (including phenoxy) is 1. The molecule has 0 saturated carbocycles. The van der Waals surface area contributed by atoms with E-state index in [1.807, 2.05) is 0 Å². The number of hydrogen-bond acceptors (Lipinski definition) is 3. The highest BCUT2D eigenvalue weighted by Crippen LogP contribution is 2.34. The van der Waals surface area contributed by atoms with Crippen LogP contribution < -0.4 is 0 Å². The summed E-state index contributed by atoms with van der Waals surface area (Å²) in [4.78, 5) is 12.1. The van der Waals surface area contributed by atoms with Gasteiger partial charge in [-0.2, -0.15) is 0 Å². The lowest BCUT2D eigenvalue weighted by atomic mass is 9.83. The number of carboxylic acid groups (broad SMARTS) is 1. The fraction of sp³-hybridized carbons (Fsp3) is 0.900. The van der Waals surface area contributed by atoms with Crippen LogP contribution in [0, 0.1) is 0 Å². The fourth-order valence-corrected chi connectivity index (χ4v) is 2.46. The van der Waals surface area contributed by atoms with E-state index in [4.69, 9.17) is 9.84 Å². The zero-order chi connectivity index (χ0) is 10.9. The highest BCUT2D eigenvalue weighted by atomic mass is 16.5. The van der Waals surface area contributed by atoms with Gasteiger partial charge >= 0.3 is 6.09 Å². The number of nitrogens with zero attached hydrogens (tertiary/aromatic N) is 1. The quantitative estimate of drug-likeness (QED) is 0.623. The summed E-state index contributed by atoms with van der Waals surface area (Å²) < 4.78 is 5.73. The summed E-state index contributed by atoms with van der Waals surface area (Å²) in [6.07, 6.45) is 1.62. The molecule has 1 spiro atoms. The summed E-state index contributed by atoms with van der Waals surface area (Å²) in [5, 5.41) is 18.4. The van der Waals surface area contributed by atoms with E-state index >= 15 is 0 Å². The summed E-state index contributed by atoms with van der Waals surface area (Å²) in [6, 6.07) is 0. The molecule has 2 heterocycles. The largest absolute Gasteiger partial charge is 0.465 e. The van der Waals surface area contributed by atoms with Crippen LogP contribution in [-0.2, 0) is 4.74 Å². The Kier molecular flexibility index (Phi) is 2.84. The molecule has 2 N–H and O–H groups in total. The summed E-state index contributed by atoms with van der Waals surface area (Å²) in [5.41, 5.74) is -0.260. The summed E-state index contributed by atoms with van der Waals surface area (Å²) >= 11 is 0. The van der Waals surface area contributed by atoms with Crippen LogP contribution in [0.3, 0.4) is 0 Å². The Hall–Kier alpha value is -0.810. The van der Waals surface area contributed by atoms with E-state index in [-0.39, 0.29) is 11.7 Å². The number of amides is 1. The van der Waals surface area contributed by atoms with Crippen LogP contribution in [-0.4, -0.2) is 52.6 Å². The molecule has 2 rings (SSSR count). The van der Waals surface area contributed by atoms with Crippen molar-refractivity contribution in [2.75, 3.05) is 19.7 Å². The number of likely N-dealkylation sites (tertiary alicyclic amines) is 1. The summed E-state index contributed by atoms with van der Waals surface area (Å²) in [5.74, 6) is 0. The zero-order valence-electron chi connectivity index (χ0n) is 8.69. The Bertz CT molecular complexity index is 248. The molecular formula is C10H17NO4. The van der Waals surface area contributed by atoms with E-state index in [1.54, 1.807) is 0 Å². The van der Waals surface area contributed by atoms with Crippen molar-refractivity contribution in [1.82, 2.24) is 4.90 Å². The lowest BCUT2D eigenvalue weighted by Crippen LogP contribution is -2.51. The number of piperidine rings is 1. The zero-order valence-corrected chi connectivity index (χ0v) is 8.69. The van der Waals surface area contributed by atoms with Crippen LogP contribution in [0.4, 0.5) is 4.79 Å². The van der Waals surface area contributed by atoms with E-state index in [0.29, 0.717) is 45.4 Å². The van der Waals surface area contributed by atoms with E-state index in [9.17, 15) is 9.90 Å². The third-order valence-electron chi connectivity index (χ3n) is 3.41. The molecule has 0 aliphatic carbocycles. The van der Waals surface area contributed by atoms with Crippen LogP contribution in [0.2, 0.25) is 0 Å². The third-order valence-corrected chi connectivity index (χ3v) is 3.41. The molecule has 1 unspecified atom stereocenters. The van der Waals surface area contributed by atoms with Crippen molar-refractivity contribution in [3.05, 3.63) is 0 Å². The summed E-state index contributed by atoms with van der Waals surface area (Å²) in [6.45, 7) is 1.62. The molecule has 5 heteroatoms. The van der Waals surface area contributed by atoms with Gasteiger partial charge in [-0.05, 0) is 19.3 Å². The Morgan fingerprint density at radius 3 is 2.60 bits per heavy atom. The number of carbonyl (C=O) groups is 1. The van der Waals surface area contributed by atoms with Gasteiger partial charge in [0.2, 0.25) is 0 Å². The van der Waals surface area contributed by atoms with Gasteiger partial charge in [0, 0.05) is 26.1 Å². The van der Waals surface area contributed by atoms with Crippen molar-refractivity contribution in [2.45, 2.75) is 37.4 Å². The van der Waals surface area contributed by atoms with Crippen LogP contribution in [0.25, 0.3) is 0 Å². The van der Waals surface area contributed by atoms with Crippen molar-refractivity contribution in [3.63, 3.8) is 0 Å². The molecule has 0 aromatic heterocycles. The average Bonchev–Trinajstić information content (AvgIpc) is 2.18. The van der Waals surface area contributed by atoms with Crippen molar-refractivity contribution in [2.24, 2.45) is 0 Å². The second kappa shape index (κ2) is 3.98. The van der Waals surface area contributed by atoms with Gasteiger partial charge in [-0.15, -0.1) is 0 Å². The molecule has 2 fully saturated rings. The predicted molar refractivity (Wildman–Crippen MR) is 52.8 cm³/mol. The number of aliphatic hydroxyl groups excluding tert-OH is 1. The maximum Gasteiger partial charge on any atom is 0.407 e. The Morgan fingerprint density at radius 2 is 2.07 bits per heavy atom. The average molecular weight is 215 g/mol. The molecule has 1 atom stereocenters. The minimum Gasteiger partial charge on any atom is -0.465 e. The molecule has 1 amide bonds. The number of rotatable bonds is 0. The molecule has 86 valence electrons. The van der Waals surface area contributed by atoms with Crippen molar-refractivity contribution in [1.29, 1.82) is 0 Å². The first-order valence-corrected chi connectivity index (χ1v) is 5.41. The Morgan fingerprint density at radius 1 is 1.40 bits per heavy atom. The smallest absolute Gasteiger partial charge is 0.407 e. The standard InChI is InChI=1S/C10H17NO4/c12-8-1-6-15-10(7-8)2-4-11(5-3-10)9(13)14/h8,12H,1-7H2,(H,13,14). The van der Waals surface area contributed by atoms with Gasteiger partial charge < -0.3 is 19.8 Å². The van der Waals surface area contributed by atoms with Crippen LogP contribution in [0.5, 0.6) is 0 Å². The molecule has 2 aliphatic rings. The van der Waals surface area contributed by atoms with Crippen molar-refractivity contribution >= 4 is 6.09 Å². The van der Waals surface area contributed by atoms with E-state index in [2.05, 4.69) is 0 Å². The van der Waals surface area contributed by atoms with Crippen LogP contribution in [0.15, 0.2) is 0 Å². The van der Waals surface area contributed by atoms with E-state index in [0.717, 1.165) is 0 Å². The first-order chi connectivity index (χ1) is 7.11. The van der Waals surface area contributed by atoms with Gasteiger partial charge in [-0.3, -0.25) is 0 Å². The lowest BCUT2D eigenvalue weighted by molar-refractivity contribution is -0.140. The minimum absolute atomic E-state index is 0.260. The predicted octanol–water partition coefficient (Wildman–Crippen LogP) is 0.670. The molecule has 0 radical (unpaired) electrons. The minimum atomic E-state index is -0.860. The number of hydrogen-bond donors (Lipinski definition) is 2. The second-order valence-corrected chi connectivity index (χ2v) is 4.45. The van der Waals surface area contributed by atoms with Gasteiger partial charge in [0.1, 0.15) is 0 Å². The monoisotopic (exact) mass is 215 g/mol. The van der Waals surface area contributed by atoms with Crippen LogP contribution >= 0.6 is 0 Å². The Labute approximate surface area is 88.6 Å². The van der Waals surface area contributed by atoms with Gasteiger partial charge in [0.25, 0.3) is 0 Å².